The highest BCUT2D eigenvalue weighted by Gasteiger charge is 2.25. The second kappa shape index (κ2) is 6.29. The van der Waals surface area contributed by atoms with Crippen molar-refractivity contribution >= 4 is 0 Å². The molecule has 106 valence electrons. The standard InChI is InChI=1S/C16H25NO2/c1-11(2)15-13(18-3)7-8-14(19-4)16(15)12-6-5-9-17-10-12/h7-8,11-12,17H,5-6,9-10H2,1-4H3. The van der Waals surface area contributed by atoms with E-state index in [4.69, 9.17) is 9.47 Å². The predicted octanol–water partition coefficient (Wildman–Crippen LogP) is 3.29. The summed E-state index contributed by atoms with van der Waals surface area (Å²) >= 11 is 0. The van der Waals surface area contributed by atoms with Crippen LogP contribution in [0.1, 0.15) is 49.7 Å². The quantitative estimate of drug-likeness (QED) is 0.904. The van der Waals surface area contributed by atoms with Crippen LogP contribution in [0.4, 0.5) is 0 Å². The Hall–Kier alpha value is -1.22. The number of hydrogen-bond donors (Lipinski definition) is 1. The highest BCUT2D eigenvalue weighted by molar-refractivity contribution is 5.52. The van der Waals surface area contributed by atoms with Crippen molar-refractivity contribution < 1.29 is 9.47 Å². The highest BCUT2D eigenvalue weighted by atomic mass is 16.5. The van der Waals surface area contributed by atoms with E-state index < -0.39 is 0 Å². The van der Waals surface area contributed by atoms with E-state index in [2.05, 4.69) is 19.2 Å². The van der Waals surface area contributed by atoms with Crippen molar-refractivity contribution in [2.45, 2.75) is 38.5 Å². The maximum Gasteiger partial charge on any atom is 0.122 e. The summed E-state index contributed by atoms with van der Waals surface area (Å²) in [6.45, 7) is 6.59. The zero-order valence-electron chi connectivity index (χ0n) is 12.5. The van der Waals surface area contributed by atoms with Crippen molar-refractivity contribution in [1.29, 1.82) is 0 Å². The van der Waals surface area contributed by atoms with Gasteiger partial charge < -0.3 is 14.8 Å². The minimum Gasteiger partial charge on any atom is -0.496 e. The fraction of sp³-hybridized carbons (Fsp3) is 0.625. The first-order valence-electron chi connectivity index (χ1n) is 7.14. The molecule has 2 rings (SSSR count). The molecule has 19 heavy (non-hydrogen) atoms. The molecule has 1 aromatic rings. The first-order chi connectivity index (χ1) is 9.19. The number of hydrogen-bond acceptors (Lipinski definition) is 3. The molecule has 1 fully saturated rings. The van der Waals surface area contributed by atoms with Crippen LogP contribution in [0, 0.1) is 0 Å². The average molecular weight is 263 g/mol. The molecule has 1 atom stereocenters. The molecule has 1 N–H and O–H groups in total. The largest absolute Gasteiger partial charge is 0.496 e. The van der Waals surface area contributed by atoms with Crippen LogP contribution in [-0.2, 0) is 0 Å². The van der Waals surface area contributed by atoms with Gasteiger partial charge in [-0.15, -0.1) is 0 Å². The van der Waals surface area contributed by atoms with E-state index in [1.165, 1.54) is 24.0 Å². The Morgan fingerprint density at radius 1 is 1.16 bits per heavy atom. The van der Waals surface area contributed by atoms with E-state index in [1.54, 1.807) is 14.2 Å². The fourth-order valence-electron chi connectivity index (χ4n) is 3.07. The lowest BCUT2D eigenvalue weighted by molar-refractivity contribution is 0.377. The van der Waals surface area contributed by atoms with Crippen molar-refractivity contribution in [2.24, 2.45) is 0 Å². The van der Waals surface area contributed by atoms with E-state index in [0.29, 0.717) is 11.8 Å². The molecular formula is C16H25NO2. The van der Waals surface area contributed by atoms with Crippen LogP contribution in [0.2, 0.25) is 0 Å². The summed E-state index contributed by atoms with van der Waals surface area (Å²) in [6, 6.07) is 4.06. The summed E-state index contributed by atoms with van der Waals surface area (Å²) in [5.41, 5.74) is 2.64. The summed E-state index contributed by atoms with van der Waals surface area (Å²) in [5, 5.41) is 3.49. The van der Waals surface area contributed by atoms with Gasteiger partial charge in [-0.1, -0.05) is 13.8 Å². The SMILES string of the molecule is COc1ccc(OC)c(C2CCCNC2)c1C(C)C. The maximum absolute atomic E-state index is 5.61. The zero-order valence-corrected chi connectivity index (χ0v) is 12.5. The van der Waals surface area contributed by atoms with Crippen molar-refractivity contribution in [1.82, 2.24) is 5.32 Å². The molecule has 0 aliphatic carbocycles. The Bertz CT molecular complexity index is 423. The summed E-state index contributed by atoms with van der Waals surface area (Å²) in [6.07, 6.45) is 2.44. The van der Waals surface area contributed by atoms with Crippen LogP contribution in [-0.4, -0.2) is 27.3 Å². The van der Waals surface area contributed by atoms with E-state index in [-0.39, 0.29) is 0 Å². The Morgan fingerprint density at radius 3 is 2.37 bits per heavy atom. The van der Waals surface area contributed by atoms with Gasteiger partial charge in [0.2, 0.25) is 0 Å². The molecular weight excluding hydrogens is 238 g/mol. The third-order valence-corrected chi connectivity index (χ3v) is 3.93. The topological polar surface area (TPSA) is 30.5 Å². The van der Waals surface area contributed by atoms with E-state index in [9.17, 15) is 0 Å². The molecule has 1 aromatic carbocycles. The summed E-state index contributed by atoms with van der Waals surface area (Å²) < 4.78 is 11.2. The van der Waals surface area contributed by atoms with Crippen LogP contribution < -0.4 is 14.8 Å². The third kappa shape index (κ3) is 2.86. The van der Waals surface area contributed by atoms with Gasteiger partial charge in [-0.2, -0.15) is 0 Å². The summed E-state index contributed by atoms with van der Waals surface area (Å²) in [7, 11) is 3.50. The van der Waals surface area contributed by atoms with Gasteiger partial charge in [0.1, 0.15) is 11.5 Å². The number of nitrogens with one attached hydrogen (secondary N) is 1. The third-order valence-electron chi connectivity index (χ3n) is 3.93. The second-order valence-corrected chi connectivity index (χ2v) is 5.50. The molecule has 1 unspecified atom stereocenters. The molecule has 0 radical (unpaired) electrons. The molecule has 0 spiro atoms. The number of rotatable bonds is 4. The highest BCUT2D eigenvalue weighted by Crippen LogP contribution is 2.41. The van der Waals surface area contributed by atoms with Crippen LogP contribution in [0.25, 0.3) is 0 Å². The van der Waals surface area contributed by atoms with Crippen LogP contribution >= 0.6 is 0 Å². The lowest BCUT2D eigenvalue weighted by atomic mass is 9.83. The number of methoxy groups -OCH3 is 2. The van der Waals surface area contributed by atoms with Gasteiger partial charge in [0.25, 0.3) is 0 Å². The summed E-state index contributed by atoms with van der Waals surface area (Å²) in [5.74, 6) is 2.94. The van der Waals surface area contributed by atoms with Gasteiger partial charge in [-0.05, 0) is 37.4 Å². The number of piperidine rings is 1. The molecule has 1 aliphatic heterocycles. The second-order valence-electron chi connectivity index (χ2n) is 5.50. The smallest absolute Gasteiger partial charge is 0.122 e. The van der Waals surface area contributed by atoms with Gasteiger partial charge in [-0.3, -0.25) is 0 Å². The lowest BCUT2D eigenvalue weighted by Crippen LogP contribution is -2.29. The molecule has 3 heteroatoms. The lowest BCUT2D eigenvalue weighted by Gasteiger charge is -2.29. The Balaban J connectivity index is 2.52. The van der Waals surface area contributed by atoms with Crippen molar-refractivity contribution in [2.75, 3.05) is 27.3 Å². The van der Waals surface area contributed by atoms with Crippen molar-refractivity contribution in [3.63, 3.8) is 0 Å². The van der Waals surface area contributed by atoms with Gasteiger partial charge >= 0.3 is 0 Å². The maximum atomic E-state index is 5.61. The molecule has 1 saturated heterocycles. The Kier molecular flexibility index (Phi) is 4.70. The van der Waals surface area contributed by atoms with Crippen LogP contribution in [0.5, 0.6) is 11.5 Å². The molecule has 1 heterocycles. The molecule has 0 amide bonds. The van der Waals surface area contributed by atoms with Crippen molar-refractivity contribution in [3.8, 4) is 11.5 Å². The molecule has 3 nitrogen and oxygen atoms in total. The molecule has 1 aliphatic rings. The predicted molar refractivity (Wildman–Crippen MR) is 78.5 cm³/mol. The normalized spacial score (nSPS) is 19.5. The Labute approximate surface area is 116 Å². The van der Waals surface area contributed by atoms with E-state index in [0.717, 1.165) is 24.6 Å². The molecule has 0 bridgehead atoms. The van der Waals surface area contributed by atoms with Crippen LogP contribution in [0.3, 0.4) is 0 Å². The first-order valence-corrected chi connectivity index (χ1v) is 7.14. The average Bonchev–Trinajstić information content (AvgIpc) is 2.46. The number of benzene rings is 1. The molecule has 0 aromatic heterocycles. The minimum atomic E-state index is 0.432. The van der Waals surface area contributed by atoms with Gasteiger partial charge in [0.05, 0.1) is 14.2 Å². The molecule has 0 saturated carbocycles. The van der Waals surface area contributed by atoms with E-state index >= 15 is 0 Å². The minimum absolute atomic E-state index is 0.432. The van der Waals surface area contributed by atoms with Crippen molar-refractivity contribution in [3.05, 3.63) is 23.3 Å². The summed E-state index contributed by atoms with van der Waals surface area (Å²) in [4.78, 5) is 0. The van der Waals surface area contributed by atoms with Crippen LogP contribution in [0.15, 0.2) is 12.1 Å². The first kappa shape index (κ1) is 14.2. The van der Waals surface area contributed by atoms with Gasteiger partial charge in [-0.25, -0.2) is 0 Å². The zero-order chi connectivity index (χ0) is 13.8. The monoisotopic (exact) mass is 263 g/mol. The van der Waals surface area contributed by atoms with E-state index in [1.807, 2.05) is 12.1 Å². The van der Waals surface area contributed by atoms with Gasteiger partial charge in [0, 0.05) is 23.6 Å². The number of ether oxygens (including phenoxy) is 2. The Morgan fingerprint density at radius 2 is 1.84 bits per heavy atom. The van der Waals surface area contributed by atoms with Gasteiger partial charge in [0.15, 0.2) is 0 Å². The fourth-order valence-corrected chi connectivity index (χ4v) is 3.07.